The topological polar surface area (TPSA) is 84.7 Å². The third-order valence-electron chi connectivity index (χ3n) is 3.91. The van der Waals surface area contributed by atoms with Crippen molar-refractivity contribution in [2.75, 3.05) is 32.1 Å². The van der Waals surface area contributed by atoms with Gasteiger partial charge in [0.2, 0.25) is 5.91 Å². The summed E-state index contributed by atoms with van der Waals surface area (Å²) in [7, 11) is 1.33. The van der Waals surface area contributed by atoms with Gasteiger partial charge in [0.05, 0.1) is 19.3 Å². The molecule has 1 aromatic heterocycles. The first kappa shape index (κ1) is 16.9. The first-order chi connectivity index (χ1) is 10.7. The highest BCUT2D eigenvalue weighted by Crippen LogP contribution is 2.24. The molecular weight excluding hydrogens is 302 g/mol. The van der Waals surface area contributed by atoms with Crippen molar-refractivity contribution < 1.29 is 14.3 Å². The fourth-order valence-electron chi connectivity index (χ4n) is 2.82. The van der Waals surface area contributed by atoms with E-state index in [1.807, 2.05) is 0 Å². The number of hydrogen-bond acceptors (Lipinski definition) is 6. The van der Waals surface area contributed by atoms with Gasteiger partial charge in [-0.05, 0) is 43.8 Å². The summed E-state index contributed by atoms with van der Waals surface area (Å²) in [5.41, 5.74) is 6.18. The molecule has 0 aromatic carbocycles. The van der Waals surface area contributed by atoms with Gasteiger partial charge in [-0.15, -0.1) is 11.3 Å². The van der Waals surface area contributed by atoms with Crippen molar-refractivity contribution in [2.24, 2.45) is 5.73 Å². The zero-order valence-corrected chi connectivity index (χ0v) is 13.7. The van der Waals surface area contributed by atoms with Gasteiger partial charge < -0.3 is 15.8 Å². The largest absolute Gasteiger partial charge is 0.465 e. The van der Waals surface area contributed by atoms with Crippen LogP contribution < -0.4 is 11.1 Å². The number of thiophene rings is 1. The zero-order chi connectivity index (χ0) is 15.9. The molecule has 122 valence electrons. The van der Waals surface area contributed by atoms with Crippen LogP contribution in [0.15, 0.2) is 11.4 Å². The molecule has 1 amide bonds. The molecule has 6 nitrogen and oxygen atoms in total. The summed E-state index contributed by atoms with van der Waals surface area (Å²) in [6.07, 6.45) is 4.31. The Balaban J connectivity index is 1.95. The number of hydrogen-bond donors (Lipinski definition) is 2. The first-order valence-corrected chi connectivity index (χ1v) is 8.43. The van der Waals surface area contributed by atoms with E-state index >= 15 is 0 Å². The summed E-state index contributed by atoms with van der Waals surface area (Å²) < 4.78 is 4.71. The minimum atomic E-state index is -0.427. The van der Waals surface area contributed by atoms with Crippen molar-refractivity contribution >= 4 is 28.9 Å². The predicted octanol–water partition coefficient (Wildman–Crippen LogP) is 1.68. The Morgan fingerprint density at radius 2 is 2.32 bits per heavy atom. The fraction of sp³-hybridized carbons (Fsp3) is 0.600. The molecule has 1 atom stereocenters. The highest BCUT2D eigenvalue weighted by molar-refractivity contribution is 7.12. The molecule has 3 N–H and O–H groups in total. The number of rotatable bonds is 6. The summed E-state index contributed by atoms with van der Waals surface area (Å²) in [6.45, 7) is 1.90. The van der Waals surface area contributed by atoms with E-state index in [1.54, 1.807) is 11.4 Å². The van der Waals surface area contributed by atoms with Gasteiger partial charge in [-0.25, -0.2) is 4.79 Å². The molecule has 22 heavy (non-hydrogen) atoms. The summed E-state index contributed by atoms with van der Waals surface area (Å²) in [4.78, 5) is 26.5. The van der Waals surface area contributed by atoms with Crippen LogP contribution in [-0.2, 0) is 9.53 Å². The third kappa shape index (κ3) is 4.28. The number of amides is 1. The second kappa shape index (κ2) is 8.26. The number of carbonyl (C=O) groups excluding carboxylic acids is 2. The number of esters is 1. The number of carbonyl (C=O) groups is 2. The molecule has 1 fully saturated rings. The lowest BCUT2D eigenvalue weighted by Crippen LogP contribution is -2.44. The maximum atomic E-state index is 12.3. The second-order valence-electron chi connectivity index (χ2n) is 5.40. The van der Waals surface area contributed by atoms with Crippen LogP contribution >= 0.6 is 11.3 Å². The molecule has 7 heteroatoms. The number of nitrogens with two attached hydrogens (primary N) is 1. The molecule has 1 aromatic rings. The number of piperidine rings is 1. The van der Waals surface area contributed by atoms with Gasteiger partial charge in [-0.3, -0.25) is 9.69 Å². The van der Waals surface area contributed by atoms with Crippen LogP contribution in [0.1, 0.15) is 35.4 Å². The zero-order valence-electron chi connectivity index (χ0n) is 12.8. The highest BCUT2D eigenvalue weighted by atomic mass is 32.1. The lowest BCUT2D eigenvalue weighted by atomic mass is 9.99. The van der Waals surface area contributed by atoms with Gasteiger partial charge in [0.15, 0.2) is 0 Å². The number of likely N-dealkylation sites (tertiary alicyclic amines) is 1. The van der Waals surface area contributed by atoms with E-state index in [4.69, 9.17) is 10.5 Å². The van der Waals surface area contributed by atoms with E-state index in [-0.39, 0.29) is 5.91 Å². The van der Waals surface area contributed by atoms with E-state index in [0.717, 1.165) is 25.8 Å². The van der Waals surface area contributed by atoms with Crippen LogP contribution in [0.3, 0.4) is 0 Å². The van der Waals surface area contributed by atoms with Crippen molar-refractivity contribution in [3.63, 3.8) is 0 Å². The lowest BCUT2D eigenvalue weighted by molar-refractivity contribution is -0.118. The molecule has 2 rings (SSSR count). The summed E-state index contributed by atoms with van der Waals surface area (Å²) in [6, 6.07) is 2.11. The number of nitrogens with one attached hydrogen (secondary N) is 1. The molecule has 0 saturated carbocycles. The SMILES string of the molecule is COC(=O)c1sccc1NC(=O)CN1CCCCC1CCN. The van der Waals surface area contributed by atoms with Crippen molar-refractivity contribution in [2.45, 2.75) is 31.7 Å². The Morgan fingerprint density at radius 3 is 3.05 bits per heavy atom. The van der Waals surface area contributed by atoms with Crippen molar-refractivity contribution in [1.82, 2.24) is 4.90 Å². The van der Waals surface area contributed by atoms with Crippen LogP contribution in [0.5, 0.6) is 0 Å². The molecule has 0 radical (unpaired) electrons. The Morgan fingerprint density at radius 1 is 1.50 bits per heavy atom. The van der Waals surface area contributed by atoms with Gasteiger partial charge in [0.1, 0.15) is 4.88 Å². The lowest BCUT2D eigenvalue weighted by Gasteiger charge is -2.35. The monoisotopic (exact) mass is 325 g/mol. The molecule has 1 saturated heterocycles. The highest BCUT2D eigenvalue weighted by Gasteiger charge is 2.24. The predicted molar refractivity (Wildman–Crippen MR) is 87.2 cm³/mol. The van der Waals surface area contributed by atoms with E-state index < -0.39 is 5.97 Å². The van der Waals surface area contributed by atoms with Gasteiger partial charge in [0, 0.05) is 6.04 Å². The summed E-state index contributed by atoms with van der Waals surface area (Å²) in [5, 5.41) is 4.58. The standard InChI is InChI=1S/C15H23N3O3S/c1-21-15(20)14-12(6-9-22-14)17-13(19)10-18-8-3-2-4-11(18)5-7-16/h6,9,11H,2-5,7-8,10,16H2,1H3,(H,17,19). The molecule has 1 unspecified atom stereocenters. The maximum Gasteiger partial charge on any atom is 0.350 e. The van der Waals surface area contributed by atoms with Crippen LogP contribution in [0.2, 0.25) is 0 Å². The summed E-state index contributed by atoms with van der Waals surface area (Å²) in [5.74, 6) is -0.531. The summed E-state index contributed by atoms with van der Waals surface area (Å²) >= 11 is 1.26. The minimum absolute atomic E-state index is 0.104. The second-order valence-corrected chi connectivity index (χ2v) is 6.32. The maximum absolute atomic E-state index is 12.3. The fourth-order valence-corrected chi connectivity index (χ4v) is 3.59. The van der Waals surface area contributed by atoms with Gasteiger partial charge in [-0.2, -0.15) is 0 Å². The van der Waals surface area contributed by atoms with Gasteiger partial charge >= 0.3 is 5.97 Å². The van der Waals surface area contributed by atoms with Crippen LogP contribution in [0.25, 0.3) is 0 Å². The van der Waals surface area contributed by atoms with Crippen LogP contribution in [-0.4, -0.2) is 49.6 Å². The Labute approximate surface area is 134 Å². The normalized spacial score (nSPS) is 18.9. The van der Waals surface area contributed by atoms with E-state index in [9.17, 15) is 9.59 Å². The van der Waals surface area contributed by atoms with Gasteiger partial charge in [0.25, 0.3) is 0 Å². The van der Waals surface area contributed by atoms with E-state index in [1.165, 1.54) is 24.9 Å². The molecule has 0 bridgehead atoms. The van der Waals surface area contributed by atoms with Crippen molar-refractivity contribution in [1.29, 1.82) is 0 Å². The quantitative estimate of drug-likeness (QED) is 0.777. The Hall–Kier alpha value is -1.44. The first-order valence-electron chi connectivity index (χ1n) is 7.55. The Bertz CT molecular complexity index is 516. The Kier molecular flexibility index (Phi) is 6.35. The number of methoxy groups -OCH3 is 1. The van der Waals surface area contributed by atoms with Crippen LogP contribution in [0.4, 0.5) is 5.69 Å². The smallest absolute Gasteiger partial charge is 0.350 e. The average Bonchev–Trinajstić information content (AvgIpc) is 2.96. The average molecular weight is 325 g/mol. The number of ether oxygens (including phenoxy) is 1. The number of nitrogens with zero attached hydrogens (tertiary/aromatic N) is 1. The van der Waals surface area contributed by atoms with Gasteiger partial charge in [-0.1, -0.05) is 6.42 Å². The molecule has 0 aliphatic carbocycles. The third-order valence-corrected chi connectivity index (χ3v) is 4.80. The van der Waals surface area contributed by atoms with Crippen molar-refractivity contribution in [3.05, 3.63) is 16.3 Å². The molecular formula is C15H23N3O3S. The number of anilines is 1. The van der Waals surface area contributed by atoms with E-state index in [0.29, 0.717) is 29.7 Å². The minimum Gasteiger partial charge on any atom is -0.465 e. The van der Waals surface area contributed by atoms with E-state index in [2.05, 4.69) is 10.2 Å². The molecule has 1 aliphatic heterocycles. The van der Waals surface area contributed by atoms with Crippen LogP contribution in [0, 0.1) is 0 Å². The molecule has 2 heterocycles. The van der Waals surface area contributed by atoms with Crippen molar-refractivity contribution in [3.8, 4) is 0 Å². The molecule has 0 spiro atoms. The molecule has 1 aliphatic rings.